The van der Waals surface area contributed by atoms with E-state index in [4.69, 9.17) is 11.6 Å². The van der Waals surface area contributed by atoms with Crippen LogP contribution in [0.4, 0.5) is 0 Å². The first-order chi connectivity index (χ1) is 9.01. The Morgan fingerprint density at radius 3 is 2.58 bits per heavy atom. The molecule has 0 aliphatic carbocycles. The molecule has 19 heavy (non-hydrogen) atoms. The van der Waals surface area contributed by atoms with Gasteiger partial charge in [-0.15, -0.1) is 5.10 Å². The van der Waals surface area contributed by atoms with E-state index in [1.807, 2.05) is 16.9 Å². The van der Waals surface area contributed by atoms with E-state index in [-0.39, 0.29) is 0 Å². The van der Waals surface area contributed by atoms with Gasteiger partial charge in [0.2, 0.25) is 0 Å². The van der Waals surface area contributed by atoms with Gasteiger partial charge >= 0.3 is 0 Å². The summed E-state index contributed by atoms with van der Waals surface area (Å²) in [5.74, 6) is 0.341. The topological polar surface area (TPSA) is 30.7 Å². The van der Waals surface area contributed by atoms with Crippen LogP contribution in [0, 0.1) is 13.8 Å². The van der Waals surface area contributed by atoms with Gasteiger partial charge in [0.1, 0.15) is 0 Å². The summed E-state index contributed by atoms with van der Waals surface area (Å²) in [6.07, 6.45) is 2.87. The molecule has 0 bridgehead atoms. The third kappa shape index (κ3) is 3.16. The lowest BCUT2D eigenvalue weighted by Gasteiger charge is -2.14. The van der Waals surface area contributed by atoms with Gasteiger partial charge in [0.05, 0.1) is 5.69 Å². The zero-order chi connectivity index (χ0) is 14.0. The van der Waals surface area contributed by atoms with Crippen LogP contribution in [-0.2, 0) is 13.0 Å². The molecule has 1 aromatic heterocycles. The van der Waals surface area contributed by atoms with Crippen molar-refractivity contribution in [3.63, 3.8) is 0 Å². The summed E-state index contributed by atoms with van der Waals surface area (Å²) < 4.78 is 1.85. The largest absolute Gasteiger partial charge is 0.253 e. The van der Waals surface area contributed by atoms with Gasteiger partial charge in [-0.25, -0.2) is 0 Å². The van der Waals surface area contributed by atoms with Crippen molar-refractivity contribution in [3.05, 3.63) is 45.7 Å². The van der Waals surface area contributed by atoms with Crippen molar-refractivity contribution >= 4 is 11.6 Å². The summed E-state index contributed by atoms with van der Waals surface area (Å²) in [5.41, 5.74) is 4.72. The van der Waals surface area contributed by atoms with Gasteiger partial charge in [0.25, 0.3) is 0 Å². The van der Waals surface area contributed by atoms with E-state index in [2.05, 4.69) is 44.1 Å². The molecular formula is C15H20ClN3. The minimum Gasteiger partial charge on any atom is -0.253 e. The SMILES string of the molecule is CCn1cc(CC(C)c2cc(C)c(C)cc2Cl)nn1. The summed E-state index contributed by atoms with van der Waals surface area (Å²) in [6, 6.07) is 4.23. The molecule has 4 heteroatoms. The fourth-order valence-corrected chi connectivity index (χ4v) is 2.60. The molecule has 0 saturated carbocycles. The third-order valence-electron chi connectivity index (χ3n) is 3.57. The van der Waals surface area contributed by atoms with Crippen molar-refractivity contribution in [2.75, 3.05) is 0 Å². The predicted molar refractivity (Wildman–Crippen MR) is 78.7 cm³/mol. The van der Waals surface area contributed by atoms with Crippen molar-refractivity contribution in [3.8, 4) is 0 Å². The molecule has 1 atom stereocenters. The first kappa shape index (κ1) is 14.1. The van der Waals surface area contributed by atoms with Crippen LogP contribution in [-0.4, -0.2) is 15.0 Å². The molecule has 0 aliphatic rings. The first-order valence-electron chi connectivity index (χ1n) is 6.67. The van der Waals surface area contributed by atoms with E-state index >= 15 is 0 Å². The fourth-order valence-electron chi connectivity index (χ4n) is 2.19. The van der Waals surface area contributed by atoms with E-state index in [0.717, 1.165) is 23.7 Å². The van der Waals surface area contributed by atoms with E-state index in [9.17, 15) is 0 Å². The number of aryl methyl sites for hydroxylation is 3. The number of benzene rings is 1. The highest BCUT2D eigenvalue weighted by molar-refractivity contribution is 6.31. The minimum atomic E-state index is 0.341. The number of hydrogen-bond acceptors (Lipinski definition) is 2. The minimum absolute atomic E-state index is 0.341. The Bertz CT molecular complexity index is 575. The fraction of sp³-hybridized carbons (Fsp3) is 0.467. The van der Waals surface area contributed by atoms with Crippen molar-refractivity contribution in [1.82, 2.24) is 15.0 Å². The monoisotopic (exact) mass is 277 g/mol. The van der Waals surface area contributed by atoms with Crippen molar-refractivity contribution in [2.24, 2.45) is 0 Å². The standard InChI is InChI=1S/C15H20ClN3/c1-5-19-9-13(17-18-19)6-12(4)14-7-10(2)11(3)8-15(14)16/h7-9,12H,5-6H2,1-4H3. The van der Waals surface area contributed by atoms with E-state index in [1.165, 1.54) is 16.7 Å². The lowest BCUT2D eigenvalue weighted by molar-refractivity contribution is 0.626. The van der Waals surface area contributed by atoms with Crippen molar-refractivity contribution < 1.29 is 0 Å². The molecule has 0 aliphatic heterocycles. The molecule has 0 saturated heterocycles. The number of rotatable bonds is 4. The Balaban J connectivity index is 2.19. The molecule has 0 fully saturated rings. The molecule has 1 unspecified atom stereocenters. The molecule has 0 spiro atoms. The molecule has 2 aromatic rings. The molecule has 1 aromatic carbocycles. The number of halogens is 1. The van der Waals surface area contributed by atoms with Gasteiger partial charge in [-0.3, -0.25) is 4.68 Å². The molecule has 2 rings (SSSR count). The maximum Gasteiger partial charge on any atom is 0.0833 e. The average Bonchev–Trinajstić information content (AvgIpc) is 2.81. The van der Waals surface area contributed by atoms with Crippen molar-refractivity contribution in [1.29, 1.82) is 0 Å². The highest BCUT2D eigenvalue weighted by Crippen LogP contribution is 2.29. The normalized spacial score (nSPS) is 12.7. The number of nitrogens with zero attached hydrogens (tertiary/aromatic N) is 3. The van der Waals surface area contributed by atoms with Crippen molar-refractivity contribution in [2.45, 2.75) is 46.6 Å². The van der Waals surface area contributed by atoms with Gasteiger partial charge in [-0.2, -0.15) is 0 Å². The van der Waals surface area contributed by atoms with Gasteiger partial charge in [0, 0.05) is 17.8 Å². The first-order valence-corrected chi connectivity index (χ1v) is 7.04. The van der Waals surface area contributed by atoms with Crippen LogP contribution in [0.3, 0.4) is 0 Å². The molecule has 1 heterocycles. The van der Waals surface area contributed by atoms with E-state index in [1.54, 1.807) is 0 Å². The summed E-state index contributed by atoms with van der Waals surface area (Å²) in [6.45, 7) is 9.30. The second-order valence-electron chi connectivity index (χ2n) is 5.13. The highest BCUT2D eigenvalue weighted by Gasteiger charge is 2.13. The zero-order valence-corrected chi connectivity index (χ0v) is 12.7. The Hall–Kier alpha value is -1.35. The molecule has 3 nitrogen and oxygen atoms in total. The molecule has 102 valence electrons. The molecular weight excluding hydrogens is 258 g/mol. The quantitative estimate of drug-likeness (QED) is 0.848. The second kappa shape index (κ2) is 5.74. The summed E-state index contributed by atoms with van der Waals surface area (Å²) in [5, 5.41) is 9.11. The van der Waals surface area contributed by atoms with Crippen LogP contribution in [0.25, 0.3) is 0 Å². The molecule has 0 radical (unpaired) electrons. The zero-order valence-electron chi connectivity index (χ0n) is 11.9. The van der Waals surface area contributed by atoms with Gasteiger partial charge in [0.15, 0.2) is 0 Å². The smallest absolute Gasteiger partial charge is 0.0833 e. The number of aromatic nitrogens is 3. The Morgan fingerprint density at radius 1 is 1.26 bits per heavy atom. The number of hydrogen-bond donors (Lipinski definition) is 0. The maximum absolute atomic E-state index is 6.35. The summed E-state index contributed by atoms with van der Waals surface area (Å²) in [7, 11) is 0. The van der Waals surface area contributed by atoms with Crippen LogP contribution in [0.5, 0.6) is 0 Å². The van der Waals surface area contributed by atoms with Crippen LogP contribution in [0.15, 0.2) is 18.3 Å². The third-order valence-corrected chi connectivity index (χ3v) is 3.90. The van der Waals surface area contributed by atoms with Crippen LogP contribution in [0.1, 0.15) is 42.1 Å². The van der Waals surface area contributed by atoms with E-state index in [0.29, 0.717) is 5.92 Å². The highest BCUT2D eigenvalue weighted by atomic mass is 35.5. The summed E-state index contributed by atoms with van der Waals surface area (Å²) >= 11 is 6.35. The van der Waals surface area contributed by atoms with Crippen LogP contribution < -0.4 is 0 Å². The average molecular weight is 278 g/mol. The van der Waals surface area contributed by atoms with Gasteiger partial charge in [-0.05, 0) is 55.9 Å². The van der Waals surface area contributed by atoms with E-state index < -0.39 is 0 Å². The lowest BCUT2D eigenvalue weighted by Crippen LogP contribution is -2.01. The maximum atomic E-state index is 6.35. The molecule has 0 N–H and O–H groups in total. The van der Waals surface area contributed by atoms with Crippen LogP contribution in [0.2, 0.25) is 5.02 Å². The lowest BCUT2D eigenvalue weighted by atomic mass is 9.93. The molecule has 0 amide bonds. The Kier molecular flexibility index (Phi) is 4.25. The summed E-state index contributed by atoms with van der Waals surface area (Å²) in [4.78, 5) is 0. The Labute approximate surface area is 119 Å². The second-order valence-corrected chi connectivity index (χ2v) is 5.54. The Morgan fingerprint density at radius 2 is 1.95 bits per heavy atom. The predicted octanol–water partition coefficient (Wildman–Crippen LogP) is 3.91. The van der Waals surface area contributed by atoms with Crippen LogP contribution >= 0.6 is 11.6 Å². The van der Waals surface area contributed by atoms with Gasteiger partial charge in [-0.1, -0.05) is 29.8 Å². The van der Waals surface area contributed by atoms with Gasteiger partial charge < -0.3 is 0 Å².